The van der Waals surface area contributed by atoms with E-state index in [1.54, 1.807) is 0 Å². The number of hydrogen-bond donors (Lipinski definition) is 1. The molecule has 0 radical (unpaired) electrons. The smallest absolute Gasteiger partial charge is 0.353 e. The number of halogens is 1. The second-order valence-corrected chi connectivity index (χ2v) is 4.41. The van der Waals surface area contributed by atoms with Gasteiger partial charge in [-0.2, -0.15) is 0 Å². The number of rotatable bonds is 1. The Kier molecular flexibility index (Phi) is 2.00. The summed E-state index contributed by atoms with van der Waals surface area (Å²) in [5.74, 6) is -0.798. The van der Waals surface area contributed by atoms with E-state index in [1.807, 2.05) is 0 Å². The molecule has 70 valence electrons. The Bertz CT molecular complexity index is 328. The fourth-order valence-electron chi connectivity index (χ4n) is 1.38. The van der Waals surface area contributed by atoms with E-state index in [2.05, 4.69) is 0 Å². The van der Waals surface area contributed by atoms with Crippen LogP contribution in [0.15, 0.2) is 10.7 Å². The van der Waals surface area contributed by atoms with Gasteiger partial charge < -0.3 is 5.11 Å². The molecule has 0 aromatic rings. The van der Waals surface area contributed by atoms with Gasteiger partial charge in [-0.25, -0.2) is 4.79 Å². The molecule has 2 aliphatic rings. The summed E-state index contributed by atoms with van der Waals surface area (Å²) < 4.78 is 0. The molecule has 13 heavy (non-hydrogen) atoms. The molecule has 0 saturated carbocycles. The molecule has 1 atom stereocenters. The summed E-state index contributed by atoms with van der Waals surface area (Å²) in [6.07, 6.45) is 0.422. The summed E-state index contributed by atoms with van der Waals surface area (Å²) in [5, 5.41) is 9.04. The summed E-state index contributed by atoms with van der Waals surface area (Å²) in [5.41, 5.74) is -0.0401. The minimum absolute atomic E-state index is 0.0129. The highest BCUT2D eigenvalue weighted by molar-refractivity contribution is 8.00. The van der Waals surface area contributed by atoms with Gasteiger partial charge in [0.1, 0.15) is 5.70 Å². The lowest BCUT2D eigenvalue weighted by Gasteiger charge is -2.42. The van der Waals surface area contributed by atoms with E-state index in [-0.39, 0.29) is 22.0 Å². The number of carbonyl (C=O) groups excluding carboxylic acids is 1. The van der Waals surface area contributed by atoms with Crippen molar-refractivity contribution in [3.63, 3.8) is 0 Å². The van der Waals surface area contributed by atoms with Crippen LogP contribution >= 0.6 is 23.4 Å². The highest BCUT2D eigenvalue weighted by Gasteiger charge is 2.44. The van der Waals surface area contributed by atoms with Crippen LogP contribution in [0, 0.1) is 0 Å². The van der Waals surface area contributed by atoms with Gasteiger partial charge in [0.15, 0.2) is 0 Å². The van der Waals surface area contributed by atoms with Crippen molar-refractivity contribution in [2.75, 3.05) is 5.75 Å². The van der Waals surface area contributed by atoms with Crippen molar-refractivity contribution in [2.45, 2.75) is 11.8 Å². The SMILES string of the molecule is O=C(O)C1=C(Cl)CS[C@H]2CC(=O)N12. The predicted molar refractivity (Wildman–Crippen MR) is 48.2 cm³/mol. The van der Waals surface area contributed by atoms with Gasteiger partial charge in [0.25, 0.3) is 0 Å². The van der Waals surface area contributed by atoms with Crippen molar-refractivity contribution in [3.8, 4) is 0 Å². The monoisotopic (exact) mass is 219 g/mol. The molecule has 6 heteroatoms. The standard InChI is InChI=1S/C7H6ClNO3S/c8-3-2-13-5-1-4(10)9(5)6(3)7(11)12/h5H,1-2H2,(H,11,12)/t5-/m0/s1. The van der Waals surface area contributed by atoms with E-state index in [0.29, 0.717) is 12.2 Å². The van der Waals surface area contributed by atoms with Crippen LogP contribution in [0.4, 0.5) is 0 Å². The predicted octanol–water partition coefficient (Wildman–Crippen LogP) is 0.827. The fourth-order valence-corrected chi connectivity index (χ4v) is 2.85. The third-order valence-electron chi connectivity index (χ3n) is 2.01. The normalized spacial score (nSPS) is 27.0. The summed E-state index contributed by atoms with van der Waals surface area (Å²) >= 11 is 7.22. The first-order chi connectivity index (χ1) is 6.11. The number of nitrogens with zero attached hydrogens (tertiary/aromatic N) is 1. The second-order valence-electron chi connectivity index (χ2n) is 2.79. The highest BCUT2D eigenvalue weighted by Crippen LogP contribution is 2.40. The molecule has 4 nitrogen and oxygen atoms in total. The van der Waals surface area contributed by atoms with Crippen LogP contribution < -0.4 is 0 Å². The van der Waals surface area contributed by atoms with Crippen molar-refractivity contribution in [1.29, 1.82) is 0 Å². The van der Waals surface area contributed by atoms with Crippen LogP contribution in [-0.2, 0) is 9.59 Å². The average Bonchev–Trinajstić information content (AvgIpc) is 2.05. The number of thioether (sulfide) groups is 1. The minimum atomic E-state index is -1.12. The summed E-state index contributed by atoms with van der Waals surface area (Å²) in [6, 6.07) is 0. The molecule has 2 rings (SSSR count). The van der Waals surface area contributed by atoms with Crippen molar-refractivity contribution in [1.82, 2.24) is 4.90 Å². The Morgan fingerprint density at radius 2 is 2.38 bits per heavy atom. The Morgan fingerprint density at radius 1 is 1.69 bits per heavy atom. The molecule has 0 aromatic heterocycles. The van der Waals surface area contributed by atoms with E-state index in [4.69, 9.17) is 16.7 Å². The molecular formula is C7H6ClNO3S. The quantitative estimate of drug-likeness (QED) is 0.664. The zero-order valence-corrected chi connectivity index (χ0v) is 8.06. The van der Waals surface area contributed by atoms with Crippen LogP contribution in [0.25, 0.3) is 0 Å². The van der Waals surface area contributed by atoms with Gasteiger partial charge in [0.2, 0.25) is 5.91 Å². The molecule has 1 fully saturated rings. The third-order valence-corrected chi connectivity index (χ3v) is 3.70. The summed E-state index contributed by atoms with van der Waals surface area (Å²) in [6.45, 7) is 0. The summed E-state index contributed by atoms with van der Waals surface area (Å²) in [4.78, 5) is 23.1. The first-order valence-electron chi connectivity index (χ1n) is 3.67. The van der Waals surface area contributed by atoms with Crippen LogP contribution in [-0.4, -0.2) is 33.0 Å². The Labute approximate surface area is 83.5 Å². The van der Waals surface area contributed by atoms with Crippen molar-refractivity contribution in [3.05, 3.63) is 10.7 Å². The first-order valence-corrected chi connectivity index (χ1v) is 5.09. The number of aliphatic carboxylic acids is 1. The topological polar surface area (TPSA) is 57.6 Å². The molecule has 0 unspecified atom stereocenters. The zero-order valence-electron chi connectivity index (χ0n) is 6.49. The van der Waals surface area contributed by atoms with Crippen molar-refractivity contribution in [2.24, 2.45) is 0 Å². The van der Waals surface area contributed by atoms with Gasteiger partial charge in [-0.3, -0.25) is 9.69 Å². The number of carboxylic acid groups (broad SMARTS) is 1. The van der Waals surface area contributed by atoms with Crippen LogP contribution in [0.3, 0.4) is 0 Å². The lowest BCUT2D eigenvalue weighted by Crippen LogP contribution is -2.53. The van der Waals surface area contributed by atoms with Gasteiger partial charge in [0, 0.05) is 5.75 Å². The van der Waals surface area contributed by atoms with Gasteiger partial charge in [-0.1, -0.05) is 11.6 Å². The highest BCUT2D eigenvalue weighted by atomic mass is 35.5. The summed E-state index contributed by atoms with van der Waals surface area (Å²) in [7, 11) is 0. The van der Waals surface area contributed by atoms with Crippen LogP contribution in [0.2, 0.25) is 0 Å². The number of carboxylic acids is 1. The van der Waals surface area contributed by atoms with Gasteiger partial charge >= 0.3 is 5.97 Å². The fraction of sp³-hybridized carbons (Fsp3) is 0.429. The first kappa shape index (κ1) is 8.90. The molecule has 1 saturated heterocycles. The lowest BCUT2D eigenvalue weighted by molar-refractivity contribution is -0.146. The molecule has 0 aliphatic carbocycles. The Balaban J connectivity index is 2.37. The maximum atomic E-state index is 11.1. The number of β-lactam (4-membered cyclic amide) rings is 1. The largest absolute Gasteiger partial charge is 0.477 e. The minimum Gasteiger partial charge on any atom is -0.477 e. The van der Waals surface area contributed by atoms with Gasteiger partial charge in [-0.05, 0) is 0 Å². The van der Waals surface area contributed by atoms with Gasteiger partial charge in [-0.15, -0.1) is 11.8 Å². The number of fused-ring (bicyclic) bond motifs is 1. The average molecular weight is 220 g/mol. The van der Waals surface area contributed by atoms with E-state index in [1.165, 1.54) is 16.7 Å². The molecule has 2 aliphatic heterocycles. The van der Waals surface area contributed by atoms with Crippen LogP contribution in [0.5, 0.6) is 0 Å². The van der Waals surface area contributed by atoms with E-state index in [9.17, 15) is 9.59 Å². The molecule has 2 heterocycles. The Hall–Kier alpha value is -0.680. The molecule has 1 N–H and O–H groups in total. The van der Waals surface area contributed by atoms with Gasteiger partial charge in [0.05, 0.1) is 16.8 Å². The van der Waals surface area contributed by atoms with Crippen molar-refractivity contribution < 1.29 is 14.7 Å². The molecule has 0 spiro atoms. The molecule has 1 amide bonds. The van der Waals surface area contributed by atoms with E-state index < -0.39 is 5.97 Å². The second kappa shape index (κ2) is 2.92. The molecule has 0 aromatic carbocycles. The zero-order chi connectivity index (χ0) is 9.59. The van der Waals surface area contributed by atoms with Crippen LogP contribution in [0.1, 0.15) is 6.42 Å². The van der Waals surface area contributed by atoms with Crippen molar-refractivity contribution >= 4 is 35.2 Å². The van der Waals surface area contributed by atoms with E-state index >= 15 is 0 Å². The number of carbonyl (C=O) groups is 2. The van der Waals surface area contributed by atoms with E-state index in [0.717, 1.165) is 0 Å². The number of hydrogen-bond acceptors (Lipinski definition) is 3. The molecule has 0 bridgehead atoms. The maximum Gasteiger partial charge on any atom is 0.353 e. The number of amides is 1. The third kappa shape index (κ3) is 1.23. The Morgan fingerprint density at radius 3 is 2.85 bits per heavy atom. The molecular weight excluding hydrogens is 214 g/mol. The lowest BCUT2D eigenvalue weighted by atomic mass is 10.1. The maximum absolute atomic E-state index is 11.1.